The summed E-state index contributed by atoms with van der Waals surface area (Å²) < 4.78 is 1.64. The van der Waals surface area contributed by atoms with E-state index in [0.717, 1.165) is 26.2 Å². The van der Waals surface area contributed by atoms with Crippen LogP contribution in [0.25, 0.3) is 0 Å². The van der Waals surface area contributed by atoms with Gasteiger partial charge < -0.3 is 4.90 Å². The summed E-state index contributed by atoms with van der Waals surface area (Å²) in [5, 5.41) is 5.71. The first kappa shape index (κ1) is 10.6. The summed E-state index contributed by atoms with van der Waals surface area (Å²) in [6, 6.07) is 0. The summed E-state index contributed by atoms with van der Waals surface area (Å²) in [6.45, 7) is 8.38. The molecular formula is C7H17N5S. The van der Waals surface area contributed by atoms with Crippen LogP contribution >= 0.6 is 12.8 Å². The number of hydrazone groups is 1. The first-order valence-electron chi connectivity index (χ1n) is 4.54. The van der Waals surface area contributed by atoms with Crippen LogP contribution in [0.4, 0.5) is 0 Å². The standard InChI is InChI=1S/C7H17N5S/c1-3-10(4-2)5-6-11-9-8-7-12(11)13/h7,9,13H,3-6H2,1-2H3. The van der Waals surface area contributed by atoms with Gasteiger partial charge in [0.2, 0.25) is 0 Å². The van der Waals surface area contributed by atoms with Crippen molar-refractivity contribution in [2.24, 2.45) is 5.10 Å². The van der Waals surface area contributed by atoms with Crippen LogP contribution in [0.1, 0.15) is 13.8 Å². The largest absolute Gasteiger partial charge is 0.302 e. The highest BCUT2D eigenvalue weighted by atomic mass is 32.1. The highest BCUT2D eigenvalue weighted by Crippen LogP contribution is 2.00. The minimum absolute atomic E-state index is 0.880. The van der Waals surface area contributed by atoms with Gasteiger partial charge in [0.1, 0.15) is 6.34 Å². The predicted octanol–water partition coefficient (Wildman–Crippen LogP) is 0.154. The fraction of sp³-hybridized carbons (Fsp3) is 0.857. The molecule has 0 spiro atoms. The second-order valence-electron chi connectivity index (χ2n) is 2.81. The molecule has 5 nitrogen and oxygen atoms in total. The van der Waals surface area contributed by atoms with Crippen LogP contribution in [0.5, 0.6) is 0 Å². The van der Waals surface area contributed by atoms with Crippen LogP contribution < -0.4 is 5.53 Å². The Morgan fingerprint density at radius 2 is 2.15 bits per heavy atom. The molecular weight excluding hydrogens is 186 g/mol. The molecule has 0 saturated heterocycles. The fourth-order valence-electron chi connectivity index (χ4n) is 1.18. The average molecular weight is 203 g/mol. The molecule has 1 rings (SSSR count). The zero-order chi connectivity index (χ0) is 9.68. The summed E-state index contributed by atoms with van der Waals surface area (Å²) in [4.78, 5) is 2.35. The van der Waals surface area contributed by atoms with Crippen LogP contribution in [0.3, 0.4) is 0 Å². The molecule has 0 saturated carbocycles. The van der Waals surface area contributed by atoms with Gasteiger partial charge in [-0.1, -0.05) is 13.8 Å². The number of hydrogen-bond donors (Lipinski definition) is 2. The zero-order valence-electron chi connectivity index (χ0n) is 8.14. The Hall–Kier alpha value is -0.460. The third-order valence-corrected chi connectivity index (χ3v) is 2.42. The highest BCUT2D eigenvalue weighted by molar-refractivity contribution is 7.78. The summed E-state index contributed by atoms with van der Waals surface area (Å²) in [6.07, 6.45) is 1.63. The topological polar surface area (TPSA) is 34.1 Å². The van der Waals surface area contributed by atoms with Gasteiger partial charge in [-0.15, -0.1) is 5.12 Å². The van der Waals surface area contributed by atoms with E-state index in [9.17, 15) is 0 Å². The molecule has 0 radical (unpaired) electrons. The monoisotopic (exact) mass is 203 g/mol. The van der Waals surface area contributed by atoms with Gasteiger partial charge in [-0.2, -0.15) is 5.10 Å². The Kier molecular flexibility index (Phi) is 4.34. The van der Waals surface area contributed by atoms with Crippen LogP contribution in [-0.2, 0) is 0 Å². The average Bonchev–Trinajstić information content (AvgIpc) is 2.54. The van der Waals surface area contributed by atoms with Crippen molar-refractivity contribution in [3.8, 4) is 0 Å². The van der Waals surface area contributed by atoms with E-state index in [1.165, 1.54) is 0 Å². The molecule has 0 fully saturated rings. The highest BCUT2D eigenvalue weighted by Gasteiger charge is 2.13. The van der Waals surface area contributed by atoms with E-state index < -0.39 is 0 Å². The maximum absolute atomic E-state index is 4.18. The second-order valence-corrected chi connectivity index (χ2v) is 3.22. The molecule has 0 bridgehead atoms. The van der Waals surface area contributed by atoms with E-state index in [-0.39, 0.29) is 0 Å². The Balaban J connectivity index is 2.18. The third kappa shape index (κ3) is 3.06. The summed E-state index contributed by atoms with van der Waals surface area (Å²) in [5.41, 5.74) is 2.84. The number of likely N-dealkylation sites (N-methyl/N-ethyl adjacent to an activating group) is 1. The molecule has 1 aliphatic rings. The van der Waals surface area contributed by atoms with E-state index in [1.54, 1.807) is 10.8 Å². The molecule has 0 aromatic carbocycles. The van der Waals surface area contributed by atoms with Crippen molar-refractivity contribution in [1.29, 1.82) is 0 Å². The molecule has 6 heteroatoms. The molecule has 0 atom stereocenters. The number of nitrogens with one attached hydrogen (secondary N) is 1. The summed E-state index contributed by atoms with van der Waals surface area (Å²) in [5.74, 6) is 0. The second kappa shape index (κ2) is 5.31. The normalized spacial score (nSPS) is 17.1. The lowest BCUT2D eigenvalue weighted by molar-refractivity contribution is 0.0819. The number of hydrogen-bond acceptors (Lipinski definition) is 6. The van der Waals surface area contributed by atoms with Crippen molar-refractivity contribution in [2.45, 2.75) is 13.8 Å². The minimum Gasteiger partial charge on any atom is -0.302 e. The van der Waals surface area contributed by atoms with Crippen molar-refractivity contribution < 1.29 is 0 Å². The van der Waals surface area contributed by atoms with Crippen LogP contribution in [0.2, 0.25) is 0 Å². The van der Waals surface area contributed by atoms with Gasteiger partial charge in [0, 0.05) is 6.54 Å². The lowest BCUT2D eigenvalue weighted by Crippen LogP contribution is -2.43. The Morgan fingerprint density at radius 3 is 2.62 bits per heavy atom. The van der Waals surface area contributed by atoms with Crippen LogP contribution in [0.15, 0.2) is 5.10 Å². The van der Waals surface area contributed by atoms with Crippen molar-refractivity contribution >= 4 is 19.2 Å². The van der Waals surface area contributed by atoms with Crippen molar-refractivity contribution in [1.82, 2.24) is 20.0 Å². The molecule has 0 aromatic rings. The third-order valence-electron chi connectivity index (χ3n) is 2.10. The Morgan fingerprint density at radius 1 is 1.46 bits per heavy atom. The molecule has 1 heterocycles. The van der Waals surface area contributed by atoms with E-state index >= 15 is 0 Å². The maximum atomic E-state index is 4.18. The quantitative estimate of drug-likeness (QED) is 0.624. The van der Waals surface area contributed by atoms with Gasteiger partial charge in [0.15, 0.2) is 0 Å². The molecule has 0 aliphatic carbocycles. The van der Waals surface area contributed by atoms with Crippen molar-refractivity contribution in [3.05, 3.63) is 0 Å². The van der Waals surface area contributed by atoms with Gasteiger partial charge in [0.25, 0.3) is 0 Å². The number of nitrogens with zero attached hydrogens (tertiary/aromatic N) is 4. The van der Waals surface area contributed by atoms with E-state index in [2.05, 4.69) is 42.2 Å². The molecule has 13 heavy (non-hydrogen) atoms. The zero-order valence-corrected chi connectivity index (χ0v) is 9.04. The van der Waals surface area contributed by atoms with Gasteiger partial charge >= 0.3 is 0 Å². The summed E-state index contributed by atoms with van der Waals surface area (Å²) in [7, 11) is 0. The molecule has 76 valence electrons. The molecule has 0 unspecified atom stereocenters. The maximum Gasteiger partial charge on any atom is 0.140 e. The minimum atomic E-state index is 0.880. The van der Waals surface area contributed by atoms with Gasteiger partial charge in [-0.05, 0) is 25.9 Å². The number of rotatable bonds is 5. The molecule has 1 aliphatic heterocycles. The van der Waals surface area contributed by atoms with Crippen LogP contribution in [0, 0.1) is 0 Å². The van der Waals surface area contributed by atoms with Gasteiger partial charge in [-0.3, -0.25) is 0 Å². The lowest BCUT2D eigenvalue weighted by atomic mass is 10.5. The Bertz CT molecular complexity index is 170. The van der Waals surface area contributed by atoms with Crippen LogP contribution in [-0.4, -0.2) is 46.9 Å². The predicted molar refractivity (Wildman–Crippen MR) is 56.9 cm³/mol. The first-order chi connectivity index (χ1) is 6.27. The molecule has 0 amide bonds. The number of thiol groups is 1. The van der Waals surface area contributed by atoms with E-state index in [1.807, 2.05) is 5.12 Å². The fourth-order valence-corrected chi connectivity index (χ4v) is 1.36. The number of hydrazine groups is 2. The van der Waals surface area contributed by atoms with Crippen molar-refractivity contribution in [3.63, 3.8) is 0 Å². The SMILES string of the molecule is CCN(CC)CCN1NN=CN1S. The molecule has 0 aromatic heterocycles. The van der Waals surface area contributed by atoms with Gasteiger partial charge in [0.05, 0.1) is 6.54 Å². The first-order valence-corrected chi connectivity index (χ1v) is 4.94. The lowest BCUT2D eigenvalue weighted by Gasteiger charge is -2.25. The smallest absolute Gasteiger partial charge is 0.140 e. The summed E-state index contributed by atoms with van der Waals surface area (Å²) >= 11 is 4.18. The Labute approximate surface area is 84.8 Å². The van der Waals surface area contributed by atoms with E-state index in [4.69, 9.17) is 0 Å². The van der Waals surface area contributed by atoms with Crippen molar-refractivity contribution in [2.75, 3.05) is 26.2 Å². The molecule has 1 N–H and O–H groups in total. The van der Waals surface area contributed by atoms with E-state index in [0.29, 0.717) is 0 Å². The van der Waals surface area contributed by atoms with Gasteiger partial charge in [-0.25, -0.2) is 9.95 Å².